The van der Waals surface area contributed by atoms with Crippen molar-refractivity contribution in [3.05, 3.63) is 71.9 Å². The molecule has 3 aliphatic rings. The van der Waals surface area contributed by atoms with Crippen LogP contribution in [0.2, 0.25) is 0 Å². The average Bonchev–Trinajstić information content (AvgIpc) is 3.42. The number of nitriles is 1. The summed E-state index contributed by atoms with van der Waals surface area (Å²) in [6, 6.07) is 12.8. The van der Waals surface area contributed by atoms with E-state index in [0.717, 1.165) is 47.7 Å². The molecular weight excluding hydrogens is 526 g/mol. The lowest BCUT2D eigenvalue weighted by molar-refractivity contribution is -0.0159. The van der Waals surface area contributed by atoms with E-state index >= 15 is 0 Å². The van der Waals surface area contributed by atoms with Crippen LogP contribution >= 0.6 is 0 Å². The molecule has 3 aliphatic heterocycles. The number of nitrogens with zero attached hydrogens (tertiary/aromatic N) is 7. The number of piperidine rings is 1. The number of aliphatic hydroxyl groups is 1. The van der Waals surface area contributed by atoms with Crippen LogP contribution in [0, 0.1) is 35.5 Å². The van der Waals surface area contributed by atoms with Crippen LogP contribution < -0.4 is 9.64 Å². The second-order valence-electron chi connectivity index (χ2n) is 11.5. The predicted octanol–water partition coefficient (Wildman–Crippen LogP) is 3.50. The van der Waals surface area contributed by atoms with E-state index in [1.54, 1.807) is 37.0 Å². The van der Waals surface area contributed by atoms with Crippen molar-refractivity contribution in [1.82, 2.24) is 24.5 Å². The average molecular weight is 558 g/mol. The summed E-state index contributed by atoms with van der Waals surface area (Å²) < 4.78 is 7.49. The van der Waals surface area contributed by atoms with Gasteiger partial charge in [-0.15, -0.1) is 6.42 Å². The van der Waals surface area contributed by atoms with Gasteiger partial charge in [0, 0.05) is 54.3 Å². The zero-order chi connectivity index (χ0) is 29.4. The molecule has 7 heterocycles. The molecule has 7 rings (SSSR count). The van der Waals surface area contributed by atoms with Crippen molar-refractivity contribution in [3.8, 4) is 47.1 Å². The van der Waals surface area contributed by atoms with Crippen LogP contribution in [0.4, 0.5) is 5.82 Å². The van der Waals surface area contributed by atoms with E-state index in [-0.39, 0.29) is 12.6 Å². The number of aromatic nitrogens is 4. The van der Waals surface area contributed by atoms with E-state index in [2.05, 4.69) is 50.6 Å². The lowest BCUT2D eigenvalue weighted by Crippen LogP contribution is -2.70. The topological polar surface area (TPSA) is 103 Å². The number of piperazine rings is 1. The Morgan fingerprint density at radius 2 is 1.95 bits per heavy atom. The fourth-order valence-electron chi connectivity index (χ4n) is 5.73. The summed E-state index contributed by atoms with van der Waals surface area (Å²) in [5.41, 5.74) is 3.29. The van der Waals surface area contributed by atoms with Crippen LogP contribution in [-0.4, -0.2) is 73.0 Å². The number of hydrogen-bond acceptors (Lipinski definition) is 8. The highest BCUT2D eigenvalue weighted by molar-refractivity contribution is 5.85. The van der Waals surface area contributed by atoms with Gasteiger partial charge in [-0.1, -0.05) is 11.8 Å². The number of terminal acetylenes is 1. The molecular formula is C33H31N7O2. The van der Waals surface area contributed by atoms with Crippen LogP contribution in [0.3, 0.4) is 0 Å². The molecule has 0 spiro atoms. The van der Waals surface area contributed by atoms with Crippen LogP contribution in [0.25, 0.3) is 16.6 Å². The number of hydrogen-bond donors (Lipinski definition) is 1. The van der Waals surface area contributed by atoms with E-state index in [9.17, 15) is 10.4 Å². The lowest BCUT2D eigenvalue weighted by atomic mass is 9.85. The molecule has 4 aromatic rings. The Hall–Kier alpha value is -4.88. The fraction of sp³-hybridized carbons (Fsp3) is 0.333. The first-order valence-electron chi connectivity index (χ1n) is 13.9. The molecule has 0 aliphatic carbocycles. The summed E-state index contributed by atoms with van der Waals surface area (Å²) in [6.45, 7) is 7.42. The minimum absolute atomic E-state index is 0.122. The van der Waals surface area contributed by atoms with Gasteiger partial charge in [-0.3, -0.25) is 4.90 Å². The highest BCUT2D eigenvalue weighted by atomic mass is 16.5. The molecule has 3 atom stereocenters. The van der Waals surface area contributed by atoms with Crippen LogP contribution in [0.5, 0.6) is 5.75 Å². The van der Waals surface area contributed by atoms with E-state index in [4.69, 9.17) is 16.1 Å². The molecule has 3 fully saturated rings. The highest BCUT2D eigenvalue weighted by Gasteiger charge is 2.46. The van der Waals surface area contributed by atoms with Crippen molar-refractivity contribution in [1.29, 1.82) is 5.26 Å². The van der Waals surface area contributed by atoms with E-state index in [1.807, 2.05) is 36.5 Å². The van der Waals surface area contributed by atoms with Crippen molar-refractivity contribution in [2.75, 3.05) is 24.6 Å². The van der Waals surface area contributed by atoms with E-state index in [0.29, 0.717) is 28.9 Å². The summed E-state index contributed by atoms with van der Waals surface area (Å²) in [7, 11) is 0. The molecule has 0 amide bonds. The molecule has 3 saturated heterocycles. The second kappa shape index (κ2) is 10.8. The Labute approximate surface area is 245 Å². The maximum Gasteiger partial charge on any atom is 0.138 e. The van der Waals surface area contributed by atoms with E-state index < -0.39 is 5.60 Å². The third kappa shape index (κ3) is 5.39. The fourth-order valence-corrected chi connectivity index (χ4v) is 5.73. The van der Waals surface area contributed by atoms with E-state index in [1.165, 1.54) is 0 Å². The van der Waals surface area contributed by atoms with Gasteiger partial charge >= 0.3 is 0 Å². The molecule has 4 aromatic heterocycles. The van der Waals surface area contributed by atoms with Crippen molar-refractivity contribution in [3.63, 3.8) is 0 Å². The SMILES string of the molecule is C#Cc1ccc(C#CC(C)N2C3CC2CN(c2ccc(-c4cc(OCC(C)(C)O)cn5ncc(C#N)c45)cn2)C3)nc1. The number of pyridine rings is 3. The second-order valence-corrected chi connectivity index (χ2v) is 11.5. The van der Waals surface area contributed by atoms with Crippen molar-refractivity contribution in [2.45, 2.75) is 50.9 Å². The highest BCUT2D eigenvalue weighted by Crippen LogP contribution is 2.37. The molecule has 210 valence electrons. The van der Waals surface area contributed by atoms with Gasteiger partial charge in [0.25, 0.3) is 0 Å². The van der Waals surface area contributed by atoms with Gasteiger partial charge in [0.05, 0.1) is 35.1 Å². The molecule has 0 radical (unpaired) electrons. The van der Waals surface area contributed by atoms with Crippen LogP contribution in [0.1, 0.15) is 44.0 Å². The maximum absolute atomic E-state index is 10.1. The number of rotatable bonds is 6. The summed E-state index contributed by atoms with van der Waals surface area (Å²) in [5.74, 6) is 10.6. The molecule has 1 N–H and O–H groups in total. The minimum atomic E-state index is -0.985. The van der Waals surface area contributed by atoms with Gasteiger partial charge in [-0.25, -0.2) is 14.5 Å². The smallest absolute Gasteiger partial charge is 0.138 e. The largest absolute Gasteiger partial charge is 0.489 e. The lowest BCUT2D eigenvalue weighted by Gasteiger charge is -2.58. The summed E-state index contributed by atoms with van der Waals surface area (Å²) >= 11 is 0. The first-order chi connectivity index (χ1) is 20.2. The first kappa shape index (κ1) is 27.3. The molecule has 0 saturated carbocycles. The Bertz CT molecular complexity index is 1750. The Balaban J connectivity index is 1.17. The Morgan fingerprint density at radius 1 is 1.14 bits per heavy atom. The number of anilines is 1. The van der Waals surface area contributed by atoms with Gasteiger partial charge < -0.3 is 14.7 Å². The van der Waals surface area contributed by atoms with Gasteiger partial charge in [0.1, 0.15) is 29.9 Å². The number of ether oxygens (including phenoxy) is 1. The Morgan fingerprint density at radius 3 is 2.60 bits per heavy atom. The molecule has 42 heavy (non-hydrogen) atoms. The monoisotopic (exact) mass is 557 g/mol. The maximum atomic E-state index is 10.1. The van der Waals surface area contributed by atoms with Gasteiger partial charge in [-0.05, 0) is 63.4 Å². The van der Waals surface area contributed by atoms with Gasteiger partial charge in [-0.2, -0.15) is 10.4 Å². The van der Waals surface area contributed by atoms with Crippen molar-refractivity contribution < 1.29 is 9.84 Å². The zero-order valence-electron chi connectivity index (χ0n) is 23.8. The van der Waals surface area contributed by atoms with Gasteiger partial charge in [0.2, 0.25) is 0 Å². The molecule has 9 heteroatoms. The van der Waals surface area contributed by atoms with Crippen LogP contribution in [-0.2, 0) is 0 Å². The quantitative estimate of drug-likeness (QED) is 0.360. The normalized spacial score (nSPS) is 18.8. The summed E-state index contributed by atoms with van der Waals surface area (Å²) in [4.78, 5) is 14.0. The third-order valence-corrected chi connectivity index (χ3v) is 7.72. The zero-order valence-corrected chi connectivity index (χ0v) is 23.8. The molecule has 9 nitrogen and oxygen atoms in total. The molecule has 2 bridgehead atoms. The summed E-state index contributed by atoms with van der Waals surface area (Å²) in [6.07, 6.45) is 13.3. The minimum Gasteiger partial charge on any atom is -0.489 e. The van der Waals surface area contributed by atoms with Crippen molar-refractivity contribution >= 4 is 11.3 Å². The molecule has 3 unspecified atom stereocenters. The summed E-state index contributed by atoms with van der Waals surface area (Å²) in [5, 5.41) is 24.1. The Kier molecular flexibility index (Phi) is 7.04. The number of fused-ring (bicyclic) bond motifs is 3. The predicted molar refractivity (Wildman–Crippen MR) is 160 cm³/mol. The first-order valence-corrected chi connectivity index (χ1v) is 13.9. The third-order valence-electron chi connectivity index (χ3n) is 7.72. The molecule has 0 aromatic carbocycles. The van der Waals surface area contributed by atoms with Crippen molar-refractivity contribution in [2.24, 2.45) is 0 Å². The standard InChI is InChI=1S/C33H31N7O2/c1-5-23-7-10-26(35-15-23)9-6-22(2)40-27-12-28(40)19-38(18-27)31-11-8-24(16-36-31)30-13-29(42-21-33(3,4)41)20-39-32(30)25(14-34)17-37-39/h1,7-8,10-11,13,15-17,20,22,27-28,41H,12,18-19,21H2,2-4H3. The van der Waals surface area contributed by atoms with Crippen LogP contribution in [0.15, 0.2) is 55.1 Å². The van der Waals surface area contributed by atoms with Gasteiger partial charge in [0.15, 0.2) is 0 Å².